The highest BCUT2D eigenvalue weighted by Gasteiger charge is 2.68. The van der Waals surface area contributed by atoms with Gasteiger partial charge in [0.25, 0.3) is 0 Å². The minimum Gasteiger partial charge on any atom is -0.743 e. The summed E-state index contributed by atoms with van der Waals surface area (Å²) >= 11 is 0. The molecule has 12 rings (SSSR count). The van der Waals surface area contributed by atoms with Crippen LogP contribution in [-0.4, -0.2) is 153 Å². The van der Waals surface area contributed by atoms with Crippen molar-refractivity contribution in [1.29, 1.82) is 0 Å². The number of halogens is 4. The fourth-order valence-corrected chi connectivity index (χ4v) is 24.4. The van der Waals surface area contributed by atoms with Crippen molar-refractivity contribution in [3.63, 3.8) is 0 Å². The maximum absolute atomic E-state index is 13.8. The van der Waals surface area contributed by atoms with Gasteiger partial charge in [-0.1, -0.05) is 90.1 Å². The molecule has 9 aliphatic rings. The van der Waals surface area contributed by atoms with Gasteiger partial charge in [-0.2, -0.15) is 17.6 Å². The highest BCUT2D eigenvalue weighted by molar-refractivity contribution is 7.97. The Balaban J connectivity index is 0.000000180. The van der Waals surface area contributed by atoms with Gasteiger partial charge in [-0.3, -0.25) is 38.4 Å². The van der Waals surface area contributed by atoms with Gasteiger partial charge < -0.3 is 32.5 Å². The Morgan fingerprint density at radius 3 is 1.41 bits per heavy atom. The van der Waals surface area contributed by atoms with Crippen LogP contribution in [0.15, 0.2) is 71.6 Å². The van der Waals surface area contributed by atoms with Crippen molar-refractivity contribution in [2.24, 2.45) is 92.7 Å². The fraction of sp³-hybridized carbons (Fsp3) is 0.707. The van der Waals surface area contributed by atoms with E-state index >= 15 is 0 Å². The molecule has 0 N–H and O–H groups in total. The molecule has 0 bridgehead atoms. The fourth-order valence-electron chi connectivity index (χ4n) is 21.0. The van der Waals surface area contributed by atoms with Gasteiger partial charge in [0.1, 0.15) is 65.1 Å². The largest absolute Gasteiger partial charge is 0.743 e. The van der Waals surface area contributed by atoms with Gasteiger partial charge in [0, 0.05) is 121 Å². The standard InChI is InChI=1S/2C27H38F2O8S.C18H23O2S.C10H16N/c2*1-14(5-8-23(33)37-15(2)27(28,29)38(34,35)36)18-6-7-19-24-20(13-22(32)26(18,19)4)25(3)10-9-17(30)11-16(25)12-21(24)31;1-19-11-12-20-17-9-10-18(21-13-5-2-6-14-21)16-8-4-3-7-15(16)17;1-11(2,3)9-10-7-5-4-6-8-10/h2*14-16,18-20,24H,5-13H2,1-4H3,(H,34,35,36);3-4,7-10H,2,5-6,11-14H2,1H3;4-8H,9H2,1-3H3/q;;2*+1/p-2. The maximum atomic E-state index is 13.8. The minimum absolute atomic E-state index is 0.0110. The number of benzene rings is 3. The third-order valence-electron chi connectivity index (χ3n) is 27.1. The first kappa shape index (κ1) is 86.5. The Kier molecular flexibility index (Phi) is 27.3. The topological polar surface area (TPSA) is 288 Å². The van der Waals surface area contributed by atoms with E-state index in [1.165, 1.54) is 52.0 Å². The lowest BCUT2D eigenvalue weighted by molar-refractivity contribution is -0.884. The molecule has 3 aromatic carbocycles. The number of quaternary nitrogens is 1. The monoisotopic (exact) mass is 1570 g/mol. The molecule has 600 valence electrons. The van der Waals surface area contributed by atoms with Crippen LogP contribution < -0.4 is 4.74 Å². The van der Waals surface area contributed by atoms with E-state index in [9.17, 15) is 81.9 Å². The van der Waals surface area contributed by atoms with E-state index in [2.05, 4.69) is 111 Å². The van der Waals surface area contributed by atoms with Crippen LogP contribution in [0, 0.1) is 92.7 Å². The number of carbonyl (C=O) groups is 8. The SMILES string of the molecule is CC(CCC(=O)OC(C)C(F)(F)S(=O)(=O)[O-])C1CCC2C3C(=O)CC4CC(=O)CCC4(C)C3CC(=O)C12C.CC(CCC(=O)OC(C)C(F)(F)S(=O)(=O)[O-])C1CCC2C3C(=O)CC4CC(=O)CCC4(C)C3CC(=O)C12C.COCCOc1ccc([S+]2CCCCC2)c2ccccc12.C[N+](C)(C)Cc1ccccc1. The number of hydrogen-bond acceptors (Lipinski definition) is 18. The summed E-state index contributed by atoms with van der Waals surface area (Å²) in [6, 6.07) is 23.7. The van der Waals surface area contributed by atoms with Crippen LogP contribution in [0.5, 0.6) is 5.75 Å². The molecule has 26 heteroatoms. The summed E-state index contributed by atoms with van der Waals surface area (Å²) in [5, 5.41) is -6.86. The second-order valence-corrected chi connectivity index (χ2v) is 39.7. The molecule has 0 radical (unpaired) electrons. The number of methoxy groups -OCH3 is 1. The second kappa shape index (κ2) is 34.1. The smallest absolute Gasteiger partial charge is 0.369 e. The van der Waals surface area contributed by atoms with Gasteiger partial charge >= 0.3 is 22.4 Å². The molecule has 0 aromatic heterocycles. The van der Waals surface area contributed by atoms with Gasteiger partial charge in [0.05, 0.1) is 27.7 Å². The molecule has 8 aliphatic carbocycles. The van der Waals surface area contributed by atoms with E-state index in [1.54, 1.807) is 7.11 Å². The van der Waals surface area contributed by atoms with Gasteiger partial charge in [-0.25, -0.2) is 16.8 Å². The van der Waals surface area contributed by atoms with Crippen molar-refractivity contribution < 1.29 is 105 Å². The minimum atomic E-state index is -5.99. The molecule has 19 nitrogen and oxygen atoms in total. The second-order valence-electron chi connectivity index (χ2n) is 34.6. The van der Waals surface area contributed by atoms with Crippen LogP contribution in [0.25, 0.3) is 10.8 Å². The molecule has 8 saturated carbocycles. The number of ketones is 6. The van der Waals surface area contributed by atoms with Crippen molar-refractivity contribution >= 4 is 88.5 Å². The molecule has 1 aliphatic heterocycles. The summed E-state index contributed by atoms with van der Waals surface area (Å²) in [6.07, 6.45) is 6.57. The quantitative estimate of drug-likeness (QED) is 0.0239. The Bertz CT molecular complexity index is 3860. The third-order valence-corrected chi connectivity index (χ3v) is 31.7. The van der Waals surface area contributed by atoms with Gasteiger partial charge in [-0.15, -0.1) is 0 Å². The lowest BCUT2D eigenvalue weighted by atomic mass is 9.44. The van der Waals surface area contributed by atoms with Gasteiger partial charge in [0.15, 0.2) is 37.3 Å². The molecular formula is C82H113F4NO18S3. The van der Waals surface area contributed by atoms with E-state index in [4.69, 9.17) is 9.47 Å². The van der Waals surface area contributed by atoms with Crippen LogP contribution in [-0.2, 0) is 90.2 Å². The number of rotatable bonds is 21. The molecule has 9 fully saturated rings. The highest BCUT2D eigenvalue weighted by Crippen LogP contribution is 2.68. The normalized spacial score (nSPS) is 31.9. The highest BCUT2D eigenvalue weighted by atomic mass is 32.2. The van der Waals surface area contributed by atoms with Crippen LogP contribution in [0.2, 0.25) is 0 Å². The summed E-state index contributed by atoms with van der Waals surface area (Å²) in [5.74, 6) is 1.10. The van der Waals surface area contributed by atoms with E-state index in [0.29, 0.717) is 128 Å². The number of nitrogens with zero attached hydrogens (tertiary/aromatic N) is 1. The molecule has 1 saturated heterocycles. The van der Waals surface area contributed by atoms with Gasteiger partial charge in [-0.05, 0) is 173 Å². The zero-order valence-corrected chi connectivity index (χ0v) is 67.3. The average molecular weight is 1570 g/mol. The Labute approximate surface area is 638 Å². The number of alkyl halides is 4. The lowest BCUT2D eigenvalue weighted by Gasteiger charge is -2.58. The number of hydrogen-bond donors (Lipinski definition) is 0. The number of ether oxygens (including phenoxy) is 4. The molecule has 108 heavy (non-hydrogen) atoms. The molecule has 3 aromatic rings. The van der Waals surface area contributed by atoms with E-state index in [-0.39, 0.29) is 142 Å². The average Bonchev–Trinajstić information content (AvgIpc) is 1.41. The summed E-state index contributed by atoms with van der Waals surface area (Å²) in [4.78, 5) is 105. The van der Waals surface area contributed by atoms with Crippen molar-refractivity contribution in [2.45, 2.75) is 224 Å². The molecule has 0 amide bonds. The van der Waals surface area contributed by atoms with Crippen LogP contribution >= 0.6 is 0 Å². The Morgan fingerprint density at radius 1 is 0.565 bits per heavy atom. The summed E-state index contributed by atoms with van der Waals surface area (Å²) in [7, 11) is -3.25. The first-order valence-electron chi connectivity index (χ1n) is 38.7. The first-order valence-corrected chi connectivity index (χ1v) is 43.1. The van der Waals surface area contributed by atoms with Crippen LogP contribution in [0.4, 0.5) is 17.6 Å². The van der Waals surface area contributed by atoms with Crippen molar-refractivity contribution in [1.82, 2.24) is 0 Å². The zero-order valence-electron chi connectivity index (χ0n) is 64.9. The third kappa shape index (κ3) is 18.1. The maximum Gasteiger partial charge on any atom is 0.369 e. The van der Waals surface area contributed by atoms with Crippen molar-refractivity contribution in [3.8, 4) is 5.75 Å². The van der Waals surface area contributed by atoms with Crippen molar-refractivity contribution in [3.05, 3.63) is 72.3 Å². The van der Waals surface area contributed by atoms with E-state index in [1.807, 2.05) is 27.7 Å². The lowest BCUT2D eigenvalue weighted by Crippen LogP contribution is -2.60. The predicted octanol–water partition coefficient (Wildman–Crippen LogP) is 14.0. The number of fused-ring (bicyclic) bond motifs is 11. The van der Waals surface area contributed by atoms with Crippen LogP contribution in [0.3, 0.4) is 0 Å². The molecule has 18 unspecified atom stereocenters. The van der Waals surface area contributed by atoms with E-state index in [0.717, 1.165) is 16.8 Å². The van der Waals surface area contributed by atoms with Gasteiger partial charge in [0.2, 0.25) is 0 Å². The number of carbonyl (C=O) groups excluding carboxylic acids is 8. The van der Waals surface area contributed by atoms with Crippen molar-refractivity contribution in [2.75, 3.05) is 53.0 Å². The zero-order chi connectivity index (χ0) is 79.7. The number of Topliss-reactive ketones (excluding diaryl/α,β-unsaturated/α-hetero) is 6. The molecular weight excluding hydrogens is 1460 g/mol. The Hall–Kier alpha value is -5.51. The molecule has 18 atom stereocenters. The summed E-state index contributed by atoms with van der Waals surface area (Å²) in [5.41, 5.74) is -0.518. The first-order chi connectivity index (χ1) is 50.4. The summed E-state index contributed by atoms with van der Waals surface area (Å²) < 4.78 is 140. The Morgan fingerprint density at radius 2 is 0.991 bits per heavy atom. The molecule has 1 heterocycles. The van der Waals surface area contributed by atoms with Crippen LogP contribution in [0.1, 0.15) is 196 Å². The van der Waals surface area contributed by atoms with E-state index < -0.39 is 65.7 Å². The summed E-state index contributed by atoms with van der Waals surface area (Å²) in [6.45, 7) is 15.6. The number of esters is 2. The predicted molar refractivity (Wildman–Crippen MR) is 398 cm³/mol. The molecule has 0 spiro atoms.